The number of hydrogen-bond donors (Lipinski definition) is 1. The molecule has 1 amide bonds. The molecular weight excluding hydrogens is 473 g/mol. The van der Waals surface area contributed by atoms with Crippen LogP contribution in [0.5, 0.6) is 11.5 Å². The van der Waals surface area contributed by atoms with Crippen LogP contribution in [-0.2, 0) is 6.54 Å². The SMILES string of the molecule is COc1cc(OC)cc(C(=O)Nc2ccc(N3CCN(Cc4ccccc4Cl)CC3)c(Cl)c2)c1. The number of ether oxygens (including phenoxy) is 2. The number of halogens is 2. The summed E-state index contributed by atoms with van der Waals surface area (Å²) in [4.78, 5) is 17.4. The van der Waals surface area contributed by atoms with E-state index in [-0.39, 0.29) is 5.91 Å². The molecule has 1 aliphatic rings. The van der Waals surface area contributed by atoms with Crippen molar-refractivity contribution in [2.75, 3.05) is 50.6 Å². The van der Waals surface area contributed by atoms with Crippen LogP contribution in [0.25, 0.3) is 0 Å². The third-order valence-electron chi connectivity index (χ3n) is 5.88. The fourth-order valence-electron chi connectivity index (χ4n) is 4.00. The molecule has 0 aromatic heterocycles. The molecule has 0 unspecified atom stereocenters. The zero-order chi connectivity index (χ0) is 24.1. The lowest BCUT2D eigenvalue weighted by atomic mass is 10.1. The molecule has 1 aliphatic heterocycles. The van der Waals surface area contributed by atoms with Gasteiger partial charge in [-0.3, -0.25) is 9.69 Å². The van der Waals surface area contributed by atoms with Crippen LogP contribution >= 0.6 is 23.2 Å². The van der Waals surface area contributed by atoms with E-state index in [0.29, 0.717) is 27.8 Å². The average Bonchev–Trinajstić information content (AvgIpc) is 2.86. The van der Waals surface area contributed by atoms with Crippen molar-refractivity contribution >= 4 is 40.5 Å². The van der Waals surface area contributed by atoms with Crippen LogP contribution in [0.2, 0.25) is 10.0 Å². The standard InChI is InChI=1S/C26H27Cl2N3O3/c1-33-21-13-19(14-22(16-21)34-2)26(32)29-20-7-8-25(24(28)15-20)31-11-9-30(10-12-31)17-18-5-3-4-6-23(18)27/h3-8,13-16H,9-12,17H2,1-2H3,(H,29,32). The van der Waals surface area contributed by atoms with Crippen molar-refractivity contribution in [3.05, 3.63) is 81.8 Å². The van der Waals surface area contributed by atoms with E-state index in [1.807, 2.05) is 30.3 Å². The van der Waals surface area contributed by atoms with Gasteiger partial charge in [0, 0.05) is 55.1 Å². The summed E-state index contributed by atoms with van der Waals surface area (Å²) in [5, 5.41) is 4.30. The third-order valence-corrected chi connectivity index (χ3v) is 6.56. The lowest BCUT2D eigenvalue weighted by Gasteiger charge is -2.36. The Morgan fingerprint density at radius 1 is 0.882 bits per heavy atom. The molecule has 0 spiro atoms. The summed E-state index contributed by atoms with van der Waals surface area (Å²) in [5.41, 5.74) is 3.16. The number of nitrogens with zero attached hydrogens (tertiary/aromatic N) is 2. The number of anilines is 2. The molecule has 0 bridgehead atoms. The van der Waals surface area contributed by atoms with Crippen molar-refractivity contribution in [2.24, 2.45) is 0 Å². The van der Waals surface area contributed by atoms with E-state index in [1.54, 1.807) is 38.5 Å². The Labute approximate surface area is 210 Å². The van der Waals surface area contributed by atoms with E-state index < -0.39 is 0 Å². The van der Waals surface area contributed by atoms with Gasteiger partial charge < -0.3 is 19.7 Å². The number of rotatable bonds is 7. The van der Waals surface area contributed by atoms with Crippen LogP contribution in [-0.4, -0.2) is 51.2 Å². The van der Waals surface area contributed by atoms with Crippen LogP contribution in [0.1, 0.15) is 15.9 Å². The van der Waals surface area contributed by atoms with Crippen molar-refractivity contribution in [1.29, 1.82) is 0 Å². The fraction of sp³-hybridized carbons (Fsp3) is 0.269. The summed E-state index contributed by atoms with van der Waals surface area (Å²) in [7, 11) is 3.09. The van der Waals surface area contributed by atoms with E-state index in [2.05, 4.69) is 21.2 Å². The first-order valence-electron chi connectivity index (χ1n) is 11.0. The minimum Gasteiger partial charge on any atom is -0.497 e. The quantitative estimate of drug-likeness (QED) is 0.459. The van der Waals surface area contributed by atoms with Crippen molar-refractivity contribution in [1.82, 2.24) is 4.90 Å². The molecule has 0 radical (unpaired) electrons. The Hall–Kier alpha value is -2.93. The van der Waals surface area contributed by atoms with Gasteiger partial charge in [0.15, 0.2) is 0 Å². The second-order valence-electron chi connectivity index (χ2n) is 8.08. The molecule has 1 saturated heterocycles. The number of nitrogens with one attached hydrogen (secondary N) is 1. The Kier molecular flexibility index (Phi) is 7.83. The van der Waals surface area contributed by atoms with Gasteiger partial charge in [-0.2, -0.15) is 0 Å². The van der Waals surface area contributed by atoms with Gasteiger partial charge in [0.05, 0.1) is 24.9 Å². The lowest BCUT2D eigenvalue weighted by Crippen LogP contribution is -2.46. The molecule has 0 aliphatic carbocycles. The second-order valence-corrected chi connectivity index (χ2v) is 8.89. The number of hydrogen-bond acceptors (Lipinski definition) is 5. The lowest BCUT2D eigenvalue weighted by molar-refractivity contribution is 0.102. The molecule has 1 heterocycles. The number of piperazine rings is 1. The smallest absolute Gasteiger partial charge is 0.255 e. The summed E-state index contributed by atoms with van der Waals surface area (Å²) in [6.07, 6.45) is 0. The number of methoxy groups -OCH3 is 2. The molecule has 0 saturated carbocycles. The van der Waals surface area contributed by atoms with Crippen molar-refractivity contribution in [3.8, 4) is 11.5 Å². The highest BCUT2D eigenvalue weighted by atomic mass is 35.5. The van der Waals surface area contributed by atoms with Gasteiger partial charge in [0.1, 0.15) is 11.5 Å². The Bertz CT molecular complexity index is 1140. The van der Waals surface area contributed by atoms with Crippen molar-refractivity contribution in [2.45, 2.75) is 6.54 Å². The average molecular weight is 500 g/mol. The third kappa shape index (κ3) is 5.76. The Morgan fingerprint density at radius 3 is 2.18 bits per heavy atom. The molecule has 4 rings (SSSR count). The van der Waals surface area contributed by atoms with E-state index in [0.717, 1.165) is 49.0 Å². The zero-order valence-electron chi connectivity index (χ0n) is 19.2. The van der Waals surface area contributed by atoms with Gasteiger partial charge in [0.25, 0.3) is 5.91 Å². The summed E-state index contributed by atoms with van der Waals surface area (Å²) in [5.74, 6) is 0.826. The monoisotopic (exact) mass is 499 g/mol. The highest BCUT2D eigenvalue weighted by Crippen LogP contribution is 2.31. The molecule has 6 nitrogen and oxygen atoms in total. The molecular formula is C26H27Cl2N3O3. The number of carbonyl (C=O) groups excluding carboxylic acids is 1. The number of carbonyl (C=O) groups is 1. The molecule has 0 atom stereocenters. The largest absolute Gasteiger partial charge is 0.497 e. The summed E-state index contributed by atoms with van der Waals surface area (Å²) in [6.45, 7) is 4.38. The fourth-order valence-corrected chi connectivity index (χ4v) is 4.49. The highest BCUT2D eigenvalue weighted by molar-refractivity contribution is 6.33. The maximum absolute atomic E-state index is 12.8. The molecule has 1 fully saturated rings. The predicted octanol–water partition coefficient (Wildman–Crippen LogP) is 5.59. The van der Waals surface area contributed by atoms with Gasteiger partial charge in [-0.15, -0.1) is 0 Å². The minimum absolute atomic E-state index is 0.269. The van der Waals surface area contributed by atoms with E-state index in [9.17, 15) is 4.79 Å². The Balaban J connectivity index is 1.38. The van der Waals surface area contributed by atoms with Gasteiger partial charge in [-0.05, 0) is 42.0 Å². The summed E-state index contributed by atoms with van der Waals surface area (Å²) < 4.78 is 10.5. The topological polar surface area (TPSA) is 54.0 Å². The van der Waals surface area contributed by atoms with Gasteiger partial charge in [0.2, 0.25) is 0 Å². The number of benzene rings is 3. The second kappa shape index (κ2) is 11.0. The molecule has 1 N–H and O–H groups in total. The van der Waals surface area contributed by atoms with Crippen LogP contribution in [0.15, 0.2) is 60.7 Å². The Morgan fingerprint density at radius 2 is 1.56 bits per heavy atom. The van der Waals surface area contributed by atoms with Crippen LogP contribution in [0, 0.1) is 0 Å². The minimum atomic E-state index is -0.269. The van der Waals surface area contributed by atoms with Crippen molar-refractivity contribution < 1.29 is 14.3 Å². The zero-order valence-corrected chi connectivity index (χ0v) is 20.7. The normalized spacial score (nSPS) is 14.1. The number of amides is 1. The van der Waals surface area contributed by atoms with Gasteiger partial charge in [-0.25, -0.2) is 0 Å². The summed E-state index contributed by atoms with van der Waals surface area (Å²) >= 11 is 12.9. The van der Waals surface area contributed by atoms with Gasteiger partial charge in [-0.1, -0.05) is 41.4 Å². The maximum Gasteiger partial charge on any atom is 0.255 e. The molecule has 34 heavy (non-hydrogen) atoms. The first-order chi connectivity index (χ1) is 16.5. The van der Waals surface area contributed by atoms with E-state index in [1.165, 1.54) is 0 Å². The van der Waals surface area contributed by atoms with Crippen LogP contribution in [0.3, 0.4) is 0 Å². The van der Waals surface area contributed by atoms with Crippen molar-refractivity contribution in [3.63, 3.8) is 0 Å². The van der Waals surface area contributed by atoms with E-state index in [4.69, 9.17) is 32.7 Å². The van der Waals surface area contributed by atoms with Crippen LogP contribution < -0.4 is 19.7 Å². The summed E-state index contributed by atoms with van der Waals surface area (Å²) in [6, 6.07) is 18.6. The van der Waals surface area contributed by atoms with Gasteiger partial charge >= 0.3 is 0 Å². The maximum atomic E-state index is 12.8. The molecule has 3 aromatic rings. The van der Waals surface area contributed by atoms with Crippen LogP contribution in [0.4, 0.5) is 11.4 Å². The first kappa shape index (κ1) is 24.2. The first-order valence-corrected chi connectivity index (χ1v) is 11.8. The molecule has 178 valence electrons. The van der Waals surface area contributed by atoms with E-state index >= 15 is 0 Å². The predicted molar refractivity (Wildman–Crippen MR) is 138 cm³/mol. The molecule has 8 heteroatoms. The highest BCUT2D eigenvalue weighted by Gasteiger charge is 2.20. The molecule has 3 aromatic carbocycles.